The number of benzene rings is 1. The van der Waals surface area contributed by atoms with E-state index in [1.807, 2.05) is 6.92 Å². The molecule has 0 spiro atoms. The number of halogens is 4. The van der Waals surface area contributed by atoms with Crippen molar-refractivity contribution in [3.05, 3.63) is 35.1 Å². The van der Waals surface area contributed by atoms with Gasteiger partial charge >= 0.3 is 12.3 Å². The zero-order valence-corrected chi connectivity index (χ0v) is 14.7. The van der Waals surface area contributed by atoms with Crippen LogP contribution in [0.2, 0.25) is 0 Å². The highest BCUT2D eigenvalue weighted by atomic mass is 19.4. The maximum atomic E-state index is 13.5. The van der Waals surface area contributed by atoms with Gasteiger partial charge in [-0.1, -0.05) is 13.0 Å². The van der Waals surface area contributed by atoms with E-state index in [2.05, 4.69) is 10.6 Å². The van der Waals surface area contributed by atoms with E-state index < -0.39 is 29.3 Å². The maximum absolute atomic E-state index is 13.5. The van der Waals surface area contributed by atoms with Crippen molar-refractivity contribution in [1.82, 2.24) is 10.6 Å². The van der Waals surface area contributed by atoms with Gasteiger partial charge in [0.1, 0.15) is 11.4 Å². The molecule has 2 unspecified atom stereocenters. The SMILES string of the molecule is CC1C[C@]1(OC(=O)NCC1(C)CCCN1)c1ccc(F)c(C(F)(F)F)c1. The number of hydrogen-bond acceptors (Lipinski definition) is 3. The summed E-state index contributed by atoms with van der Waals surface area (Å²) in [6, 6.07) is 2.77. The molecule has 1 aliphatic heterocycles. The normalized spacial score (nSPS) is 30.9. The lowest BCUT2D eigenvalue weighted by molar-refractivity contribution is -0.140. The standard InChI is InChI=1S/C18H22F4N2O2/c1-11-9-17(11,12-4-5-14(19)13(8-12)18(20,21)22)26-15(25)23-10-16(2)6-3-7-24-16/h4-5,8,11,24H,3,6-7,9-10H2,1-2H3,(H,23,25)/t11?,16?,17-/m1/s1. The Hall–Kier alpha value is -1.83. The fourth-order valence-electron chi connectivity index (χ4n) is 3.58. The largest absolute Gasteiger partial charge is 0.438 e. The molecule has 1 saturated carbocycles. The molecule has 0 aromatic heterocycles. The summed E-state index contributed by atoms with van der Waals surface area (Å²) >= 11 is 0. The third-order valence-electron chi connectivity index (χ3n) is 5.36. The molecule has 26 heavy (non-hydrogen) atoms. The van der Waals surface area contributed by atoms with E-state index >= 15 is 0 Å². The molecule has 2 aliphatic rings. The Morgan fingerprint density at radius 1 is 1.42 bits per heavy atom. The number of rotatable bonds is 4. The van der Waals surface area contributed by atoms with Crippen molar-refractivity contribution in [3.63, 3.8) is 0 Å². The first-order valence-electron chi connectivity index (χ1n) is 8.65. The zero-order chi connectivity index (χ0) is 19.2. The van der Waals surface area contributed by atoms with Crippen LogP contribution in [-0.2, 0) is 16.5 Å². The molecule has 3 atom stereocenters. The van der Waals surface area contributed by atoms with Gasteiger partial charge in [-0.2, -0.15) is 13.2 Å². The first kappa shape index (κ1) is 18.9. The summed E-state index contributed by atoms with van der Waals surface area (Å²) in [4.78, 5) is 12.2. The van der Waals surface area contributed by atoms with Crippen LogP contribution < -0.4 is 10.6 Å². The number of carbonyl (C=O) groups excluding carboxylic acids is 1. The molecule has 0 radical (unpaired) electrons. The van der Waals surface area contributed by atoms with Gasteiger partial charge in [-0.05, 0) is 50.4 Å². The summed E-state index contributed by atoms with van der Waals surface area (Å²) < 4.78 is 57.9. The molecule has 3 rings (SSSR count). The Balaban J connectivity index is 1.72. The number of alkyl carbamates (subject to hydrolysis) is 1. The first-order chi connectivity index (χ1) is 12.1. The summed E-state index contributed by atoms with van der Waals surface area (Å²) in [5.41, 5.74) is -2.53. The summed E-state index contributed by atoms with van der Waals surface area (Å²) in [6.07, 6.45) is -3.14. The van der Waals surface area contributed by atoms with Crippen molar-refractivity contribution in [2.45, 2.75) is 50.4 Å². The van der Waals surface area contributed by atoms with Gasteiger partial charge < -0.3 is 15.4 Å². The third-order valence-corrected chi connectivity index (χ3v) is 5.36. The minimum Gasteiger partial charge on any atom is -0.438 e. The van der Waals surface area contributed by atoms with Crippen LogP contribution in [0.4, 0.5) is 22.4 Å². The lowest BCUT2D eigenvalue weighted by Gasteiger charge is -2.26. The van der Waals surface area contributed by atoms with Crippen molar-refractivity contribution >= 4 is 6.09 Å². The first-order valence-corrected chi connectivity index (χ1v) is 8.65. The molecular formula is C18H22F4N2O2. The van der Waals surface area contributed by atoms with Crippen LogP contribution in [0.1, 0.15) is 44.2 Å². The van der Waals surface area contributed by atoms with E-state index in [4.69, 9.17) is 4.74 Å². The van der Waals surface area contributed by atoms with E-state index in [1.54, 1.807) is 6.92 Å². The quantitative estimate of drug-likeness (QED) is 0.785. The van der Waals surface area contributed by atoms with Crippen LogP contribution in [-0.4, -0.2) is 24.7 Å². The van der Waals surface area contributed by atoms with E-state index in [9.17, 15) is 22.4 Å². The molecule has 1 heterocycles. The van der Waals surface area contributed by atoms with Gasteiger partial charge in [-0.25, -0.2) is 9.18 Å². The molecule has 1 aromatic carbocycles. The summed E-state index contributed by atoms with van der Waals surface area (Å²) in [6.45, 7) is 5.02. The summed E-state index contributed by atoms with van der Waals surface area (Å²) in [7, 11) is 0. The second-order valence-corrected chi connectivity index (χ2v) is 7.52. The fraction of sp³-hybridized carbons (Fsp3) is 0.611. The Morgan fingerprint density at radius 2 is 2.12 bits per heavy atom. The maximum Gasteiger partial charge on any atom is 0.419 e. The number of amides is 1. The fourth-order valence-corrected chi connectivity index (χ4v) is 3.58. The van der Waals surface area contributed by atoms with Crippen LogP contribution in [0, 0.1) is 11.7 Å². The molecule has 1 amide bonds. The highest BCUT2D eigenvalue weighted by Gasteiger charge is 2.57. The van der Waals surface area contributed by atoms with Gasteiger partial charge in [-0.3, -0.25) is 0 Å². The minimum absolute atomic E-state index is 0.139. The zero-order valence-electron chi connectivity index (χ0n) is 14.7. The van der Waals surface area contributed by atoms with Crippen LogP contribution in [0.25, 0.3) is 0 Å². The number of alkyl halides is 3. The van der Waals surface area contributed by atoms with Gasteiger partial charge in [-0.15, -0.1) is 0 Å². The van der Waals surface area contributed by atoms with Crippen LogP contribution in [0.15, 0.2) is 18.2 Å². The third kappa shape index (κ3) is 3.65. The molecule has 1 aromatic rings. The Labute approximate surface area is 149 Å². The van der Waals surface area contributed by atoms with Gasteiger partial charge in [0.25, 0.3) is 0 Å². The topological polar surface area (TPSA) is 50.4 Å². The van der Waals surface area contributed by atoms with Crippen molar-refractivity contribution in [1.29, 1.82) is 0 Å². The lowest BCUT2D eigenvalue weighted by Crippen LogP contribution is -2.48. The van der Waals surface area contributed by atoms with Gasteiger partial charge in [0, 0.05) is 18.0 Å². The van der Waals surface area contributed by atoms with Crippen molar-refractivity contribution < 1.29 is 27.1 Å². The highest BCUT2D eigenvalue weighted by molar-refractivity contribution is 5.68. The molecule has 2 fully saturated rings. The van der Waals surface area contributed by atoms with Crippen LogP contribution in [0.3, 0.4) is 0 Å². The molecule has 4 nitrogen and oxygen atoms in total. The number of carbonyl (C=O) groups is 1. The second-order valence-electron chi connectivity index (χ2n) is 7.52. The van der Waals surface area contributed by atoms with Gasteiger partial charge in [0.2, 0.25) is 0 Å². The van der Waals surface area contributed by atoms with E-state index in [0.29, 0.717) is 13.0 Å². The predicted octanol–water partition coefficient (Wildman–Crippen LogP) is 3.95. The minimum atomic E-state index is -4.80. The molecule has 144 valence electrons. The average Bonchev–Trinajstić information content (AvgIpc) is 2.99. The van der Waals surface area contributed by atoms with E-state index in [0.717, 1.165) is 31.5 Å². The Morgan fingerprint density at radius 3 is 2.65 bits per heavy atom. The molecule has 8 heteroatoms. The van der Waals surface area contributed by atoms with E-state index in [-0.39, 0.29) is 17.0 Å². The van der Waals surface area contributed by atoms with Gasteiger partial charge in [0.05, 0.1) is 5.56 Å². The number of hydrogen-bond donors (Lipinski definition) is 2. The Kier molecular flexibility index (Phi) is 4.67. The van der Waals surface area contributed by atoms with E-state index in [1.165, 1.54) is 6.07 Å². The van der Waals surface area contributed by atoms with Crippen LogP contribution >= 0.6 is 0 Å². The highest BCUT2D eigenvalue weighted by Crippen LogP contribution is 2.55. The molecule has 1 saturated heterocycles. The Bertz CT molecular complexity index is 701. The summed E-state index contributed by atoms with van der Waals surface area (Å²) in [5.74, 6) is -1.48. The van der Waals surface area contributed by atoms with Crippen molar-refractivity contribution in [3.8, 4) is 0 Å². The lowest BCUT2D eigenvalue weighted by atomic mass is 10.0. The summed E-state index contributed by atoms with van der Waals surface area (Å²) in [5, 5.41) is 5.99. The monoisotopic (exact) mass is 374 g/mol. The molecule has 0 bridgehead atoms. The molecule has 1 aliphatic carbocycles. The van der Waals surface area contributed by atoms with Crippen molar-refractivity contribution in [2.75, 3.05) is 13.1 Å². The van der Waals surface area contributed by atoms with Crippen LogP contribution in [0.5, 0.6) is 0 Å². The van der Waals surface area contributed by atoms with Crippen molar-refractivity contribution in [2.24, 2.45) is 5.92 Å². The number of nitrogens with one attached hydrogen (secondary N) is 2. The molecule has 2 N–H and O–H groups in total. The average molecular weight is 374 g/mol. The predicted molar refractivity (Wildman–Crippen MR) is 87.0 cm³/mol. The molecular weight excluding hydrogens is 352 g/mol. The second kappa shape index (κ2) is 6.40. The smallest absolute Gasteiger partial charge is 0.419 e. The number of ether oxygens (including phenoxy) is 1. The van der Waals surface area contributed by atoms with Gasteiger partial charge in [0.15, 0.2) is 0 Å².